The lowest BCUT2D eigenvalue weighted by molar-refractivity contribution is -0.132. The number of hydrogen-bond donors (Lipinski definition) is 0. The van der Waals surface area contributed by atoms with E-state index in [-0.39, 0.29) is 11.3 Å². The van der Waals surface area contributed by atoms with Crippen molar-refractivity contribution in [3.8, 4) is 40.2 Å². The molecule has 10 heteroatoms. The summed E-state index contributed by atoms with van der Waals surface area (Å²) in [6, 6.07) is 12.2. The van der Waals surface area contributed by atoms with E-state index >= 15 is 0 Å². The minimum Gasteiger partial charge on any atom is -0.353 e. The third-order valence-electron chi connectivity index (χ3n) is 8.28. The number of fused-ring (bicyclic) bond motifs is 1. The summed E-state index contributed by atoms with van der Waals surface area (Å²) in [6.45, 7) is 2.75. The normalized spacial score (nSPS) is 15.5. The molecule has 2 aliphatic rings. The van der Waals surface area contributed by atoms with Crippen LogP contribution in [0.2, 0.25) is 0 Å². The summed E-state index contributed by atoms with van der Waals surface area (Å²) in [4.78, 5) is 26.2. The van der Waals surface area contributed by atoms with Crippen LogP contribution in [0.1, 0.15) is 30.4 Å². The van der Waals surface area contributed by atoms with Crippen molar-refractivity contribution in [3.05, 3.63) is 84.8 Å². The van der Waals surface area contributed by atoms with Gasteiger partial charge in [-0.25, -0.2) is 9.50 Å². The number of pyridine rings is 3. The highest BCUT2D eigenvalue weighted by Gasteiger charge is 2.44. The molecule has 1 aliphatic heterocycles. The highest BCUT2D eigenvalue weighted by Crippen LogP contribution is 2.48. The van der Waals surface area contributed by atoms with Gasteiger partial charge in [-0.15, -0.1) is 0 Å². The maximum absolute atomic E-state index is 13.2. The van der Waals surface area contributed by atoms with Crippen molar-refractivity contribution in [2.75, 3.05) is 31.1 Å². The van der Waals surface area contributed by atoms with E-state index < -0.39 is 0 Å². The Balaban J connectivity index is 1.04. The summed E-state index contributed by atoms with van der Waals surface area (Å²) in [5, 5.41) is 18.5. The number of aryl methyl sites for hydroxylation is 1. The maximum atomic E-state index is 13.2. The first-order valence-corrected chi connectivity index (χ1v) is 14.3. The molecule has 0 unspecified atom stereocenters. The average molecular weight is 568 g/mol. The summed E-state index contributed by atoms with van der Waals surface area (Å²) < 4.78 is 3.51. The van der Waals surface area contributed by atoms with Gasteiger partial charge < -0.3 is 9.80 Å². The zero-order valence-corrected chi connectivity index (χ0v) is 23.8. The summed E-state index contributed by atoms with van der Waals surface area (Å²) in [7, 11) is 1.88. The van der Waals surface area contributed by atoms with E-state index in [1.54, 1.807) is 27.8 Å². The lowest BCUT2D eigenvalue weighted by Crippen LogP contribution is -2.49. The quantitative estimate of drug-likeness (QED) is 0.296. The Bertz CT molecular complexity index is 1910. The molecule has 2 fully saturated rings. The van der Waals surface area contributed by atoms with Gasteiger partial charge in [0, 0.05) is 104 Å². The first-order valence-electron chi connectivity index (χ1n) is 14.3. The van der Waals surface area contributed by atoms with Gasteiger partial charge in [-0.05, 0) is 43.2 Å². The first kappa shape index (κ1) is 26.4. The average Bonchev–Trinajstić information content (AvgIpc) is 3.45. The number of hydrogen-bond acceptors (Lipinski definition) is 7. The van der Waals surface area contributed by atoms with Crippen LogP contribution in [0.3, 0.4) is 0 Å². The molecule has 1 saturated carbocycles. The molecule has 5 aromatic rings. The van der Waals surface area contributed by atoms with Crippen molar-refractivity contribution >= 4 is 17.2 Å². The molecule has 212 valence electrons. The van der Waals surface area contributed by atoms with E-state index in [4.69, 9.17) is 4.98 Å². The number of amides is 1. The van der Waals surface area contributed by atoms with E-state index in [1.165, 1.54) is 0 Å². The zero-order chi connectivity index (χ0) is 29.4. The smallest absolute Gasteiger partial charge is 0.224 e. The Morgan fingerprint density at radius 2 is 1.77 bits per heavy atom. The van der Waals surface area contributed by atoms with E-state index in [0.717, 1.165) is 65.1 Å². The van der Waals surface area contributed by atoms with Crippen LogP contribution in [0.4, 0.5) is 5.82 Å². The van der Waals surface area contributed by atoms with E-state index in [0.29, 0.717) is 25.1 Å². The molecule has 0 spiro atoms. The summed E-state index contributed by atoms with van der Waals surface area (Å²) in [5.74, 6) is 7.64. The molecule has 0 bridgehead atoms. The summed E-state index contributed by atoms with van der Waals surface area (Å²) >= 11 is 0. The van der Waals surface area contributed by atoms with Crippen molar-refractivity contribution in [2.45, 2.75) is 19.3 Å². The summed E-state index contributed by atoms with van der Waals surface area (Å²) in [6.07, 6.45) is 15.0. The van der Waals surface area contributed by atoms with Crippen LogP contribution in [0.25, 0.3) is 27.8 Å². The van der Waals surface area contributed by atoms with Gasteiger partial charge in [0.2, 0.25) is 5.91 Å². The molecule has 1 saturated heterocycles. The highest BCUT2D eigenvalue weighted by atomic mass is 16.2. The molecule has 10 nitrogen and oxygen atoms in total. The van der Waals surface area contributed by atoms with Crippen molar-refractivity contribution in [2.24, 2.45) is 12.5 Å². The van der Waals surface area contributed by atoms with Gasteiger partial charge in [0.05, 0.1) is 23.5 Å². The maximum Gasteiger partial charge on any atom is 0.224 e. The van der Waals surface area contributed by atoms with Crippen LogP contribution in [-0.4, -0.2) is 66.3 Å². The van der Waals surface area contributed by atoms with Crippen molar-refractivity contribution in [1.82, 2.24) is 34.3 Å². The van der Waals surface area contributed by atoms with E-state index in [2.05, 4.69) is 44.1 Å². The van der Waals surface area contributed by atoms with Crippen molar-refractivity contribution in [3.63, 3.8) is 0 Å². The molecule has 43 heavy (non-hydrogen) atoms. The molecule has 0 atom stereocenters. The lowest BCUT2D eigenvalue weighted by Gasteiger charge is -2.36. The second kappa shape index (κ2) is 10.7. The van der Waals surface area contributed by atoms with Gasteiger partial charge in [0.1, 0.15) is 11.9 Å². The third kappa shape index (κ3) is 5.31. The predicted molar refractivity (Wildman–Crippen MR) is 162 cm³/mol. The molecule has 5 aromatic heterocycles. The number of carbonyl (C=O) groups is 1. The fourth-order valence-electron chi connectivity index (χ4n) is 5.61. The molecule has 1 aliphatic carbocycles. The number of aromatic nitrogens is 6. The predicted octanol–water partition coefficient (Wildman–Crippen LogP) is 3.93. The van der Waals surface area contributed by atoms with Gasteiger partial charge in [-0.2, -0.15) is 15.5 Å². The molecule has 0 aromatic carbocycles. The van der Waals surface area contributed by atoms with E-state index in [1.807, 2.05) is 61.0 Å². The fraction of sp³-hybridized carbons (Fsp3) is 0.273. The number of nitriles is 1. The molecular formula is C33H29N9O. The van der Waals surface area contributed by atoms with Crippen LogP contribution in [0.15, 0.2) is 73.7 Å². The number of carbonyl (C=O) groups excluding carboxylic acids is 1. The molecule has 7 rings (SSSR count). The van der Waals surface area contributed by atoms with Gasteiger partial charge in [-0.1, -0.05) is 11.8 Å². The van der Waals surface area contributed by atoms with Crippen LogP contribution < -0.4 is 4.90 Å². The molecule has 6 heterocycles. The van der Waals surface area contributed by atoms with Gasteiger partial charge in [-0.3, -0.25) is 14.5 Å². The minimum absolute atomic E-state index is 0.177. The number of anilines is 1. The number of nitrogens with zero attached hydrogens (tertiary/aromatic N) is 9. The Morgan fingerprint density at radius 1 is 0.953 bits per heavy atom. The van der Waals surface area contributed by atoms with Gasteiger partial charge in [0.25, 0.3) is 0 Å². The zero-order valence-electron chi connectivity index (χ0n) is 23.8. The minimum atomic E-state index is -0.185. The van der Waals surface area contributed by atoms with E-state index in [9.17, 15) is 10.1 Å². The second-order valence-electron chi connectivity index (χ2n) is 11.2. The molecular weight excluding hydrogens is 538 g/mol. The first-order chi connectivity index (χ1) is 21.0. The topological polar surface area (TPSA) is 108 Å². The Morgan fingerprint density at radius 3 is 2.44 bits per heavy atom. The van der Waals surface area contributed by atoms with Gasteiger partial charge in [0.15, 0.2) is 0 Å². The number of rotatable bonds is 5. The second-order valence-corrected chi connectivity index (χ2v) is 11.2. The fourth-order valence-corrected chi connectivity index (χ4v) is 5.61. The lowest BCUT2D eigenvalue weighted by atomic mass is 10.0. The summed E-state index contributed by atoms with van der Waals surface area (Å²) in [5.41, 5.74) is 5.69. The van der Waals surface area contributed by atoms with Crippen LogP contribution in [-0.2, 0) is 11.8 Å². The van der Waals surface area contributed by atoms with Crippen LogP contribution in [0.5, 0.6) is 0 Å². The number of piperazine rings is 1. The standard InChI is InChI=1S/C33H29N9O/c1-39-22-28(21-37-39)26-16-29(32-27(18-34)20-38-42(32)23-26)25-2-3-30(36-19-25)40-12-14-41(15-13-40)31(43)17-33(8-9-33)7-4-24-5-10-35-11-6-24/h2-3,5-6,10-11,16,19-23H,8-9,12-15,17H2,1H3. The van der Waals surface area contributed by atoms with Crippen LogP contribution in [0, 0.1) is 28.6 Å². The Hall–Kier alpha value is -5.48. The molecule has 0 radical (unpaired) electrons. The Kier molecular flexibility index (Phi) is 6.59. The van der Waals surface area contributed by atoms with Gasteiger partial charge >= 0.3 is 0 Å². The molecule has 0 N–H and O–H groups in total. The van der Waals surface area contributed by atoms with Crippen LogP contribution >= 0.6 is 0 Å². The largest absolute Gasteiger partial charge is 0.353 e. The SMILES string of the molecule is Cn1cc(-c2cc(-c3ccc(N4CCN(C(=O)CC5(C#Cc6ccncc6)CC5)CC4)nc3)c3c(C#N)cnn3c2)cn1. The Labute approximate surface area is 249 Å². The van der Waals surface area contributed by atoms with Crippen molar-refractivity contribution in [1.29, 1.82) is 5.26 Å². The molecule has 1 amide bonds. The third-order valence-corrected chi connectivity index (χ3v) is 8.28. The monoisotopic (exact) mass is 567 g/mol. The van der Waals surface area contributed by atoms with Crippen molar-refractivity contribution < 1.29 is 4.79 Å². The highest BCUT2D eigenvalue weighted by molar-refractivity contribution is 5.87.